The molecule has 1 aromatic carbocycles. The average molecular weight is 532 g/mol. The van der Waals surface area contributed by atoms with E-state index in [1.165, 1.54) is 77.7 Å². The van der Waals surface area contributed by atoms with Crippen LogP contribution in [-0.4, -0.2) is 33.6 Å². The number of rotatable bonds is 7. The highest BCUT2D eigenvalue weighted by Gasteiger charge is 2.51. The van der Waals surface area contributed by atoms with E-state index >= 15 is 0 Å². The van der Waals surface area contributed by atoms with Gasteiger partial charge in [0, 0.05) is 16.9 Å². The largest absolute Gasteiger partial charge is 0.465 e. The zero-order chi connectivity index (χ0) is 25.7. The summed E-state index contributed by atoms with van der Waals surface area (Å²) in [5.74, 6) is 3.85. The minimum atomic E-state index is -0.337. The van der Waals surface area contributed by atoms with Gasteiger partial charge in [-0.05, 0) is 81.3 Å². The van der Waals surface area contributed by atoms with Crippen LogP contribution < -0.4 is 0 Å². The zero-order valence-corrected chi connectivity index (χ0v) is 23.0. The molecule has 200 valence electrons. The first kappa shape index (κ1) is 24.5. The third-order valence-corrected chi connectivity index (χ3v) is 10.4. The molecule has 0 aliphatic heterocycles. The topological polar surface area (TPSA) is 77.1 Å². The molecule has 8 rings (SSSR count). The third-order valence-electron chi connectivity index (χ3n) is 9.58. The molecule has 7 heteroatoms. The van der Waals surface area contributed by atoms with E-state index < -0.39 is 0 Å². The lowest BCUT2D eigenvalue weighted by Gasteiger charge is -2.56. The van der Waals surface area contributed by atoms with Crippen LogP contribution in [0.5, 0.6) is 0 Å². The molecule has 6 nitrogen and oxygen atoms in total. The van der Waals surface area contributed by atoms with Gasteiger partial charge in [0.2, 0.25) is 0 Å². The number of hydrogen-bond donors (Lipinski definition) is 1. The van der Waals surface area contributed by atoms with Crippen LogP contribution in [0.1, 0.15) is 98.4 Å². The smallest absolute Gasteiger partial charge is 0.337 e. The summed E-state index contributed by atoms with van der Waals surface area (Å²) in [6.07, 6.45) is 14.2. The molecule has 0 amide bonds. The summed E-state index contributed by atoms with van der Waals surface area (Å²) < 4.78 is 11.8. The molecule has 5 aliphatic rings. The Morgan fingerprint density at radius 1 is 1.05 bits per heavy atom. The second-order valence-corrected chi connectivity index (χ2v) is 13.1. The van der Waals surface area contributed by atoms with E-state index in [1.807, 2.05) is 18.2 Å². The second kappa shape index (κ2) is 9.91. The van der Waals surface area contributed by atoms with Crippen LogP contribution in [0, 0.1) is 17.8 Å². The molecule has 0 atom stereocenters. The number of H-pyrrole nitrogens is 1. The lowest BCUT2D eigenvalue weighted by atomic mass is 9.54. The number of thiazole rings is 1. The lowest BCUT2D eigenvalue weighted by molar-refractivity contribution is -0.169. The zero-order valence-electron chi connectivity index (χ0n) is 22.2. The number of aromatic nitrogens is 3. The van der Waals surface area contributed by atoms with E-state index in [9.17, 15) is 4.79 Å². The van der Waals surface area contributed by atoms with Crippen LogP contribution in [0.15, 0.2) is 29.6 Å². The number of esters is 1. The number of benzene rings is 1. The molecule has 0 unspecified atom stereocenters. The van der Waals surface area contributed by atoms with Crippen LogP contribution in [0.2, 0.25) is 0 Å². The van der Waals surface area contributed by atoms with Gasteiger partial charge in [0.15, 0.2) is 0 Å². The Balaban J connectivity index is 1.18. The van der Waals surface area contributed by atoms with E-state index in [4.69, 9.17) is 19.4 Å². The minimum Gasteiger partial charge on any atom is -0.465 e. The number of aromatic amines is 1. The van der Waals surface area contributed by atoms with Crippen molar-refractivity contribution in [2.24, 2.45) is 17.8 Å². The Labute approximate surface area is 228 Å². The molecule has 0 radical (unpaired) electrons. The van der Waals surface area contributed by atoms with Gasteiger partial charge in [-0.25, -0.2) is 14.8 Å². The summed E-state index contributed by atoms with van der Waals surface area (Å²) in [5.41, 5.74) is 4.37. The number of carbonyl (C=O) groups excluding carboxylic acids is 1. The van der Waals surface area contributed by atoms with E-state index in [-0.39, 0.29) is 11.6 Å². The number of ether oxygens (including phenoxy) is 2. The Bertz CT molecular complexity index is 1290. The molecule has 2 heterocycles. The highest BCUT2D eigenvalue weighted by Crippen LogP contribution is 2.57. The first-order valence-corrected chi connectivity index (χ1v) is 15.3. The minimum absolute atomic E-state index is 0.0600. The molecule has 4 bridgehead atoms. The van der Waals surface area contributed by atoms with E-state index in [0.29, 0.717) is 18.1 Å². The molecule has 0 saturated heterocycles. The average Bonchev–Trinajstić information content (AvgIpc) is 3.59. The summed E-state index contributed by atoms with van der Waals surface area (Å²) in [7, 11) is 1.41. The van der Waals surface area contributed by atoms with Crippen LogP contribution >= 0.6 is 11.3 Å². The summed E-state index contributed by atoms with van der Waals surface area (Å²) >= 11 is 1.61. The van der Waals surface area contributed by atoms with Crippen molar-refractivity contribution >= 4 is 17.3 Å². The number of nitrogens with one attached hydrogen (secondary N) is 1. The lowest BCUT2D eigenvalue weighted by Crippen LogP contribution is -2.51. The standard InChI is InChI=1S/C31H37N3O3S/c1-36-30(35)24-9-5-8-23(13-24)26-18-38-29(33-26)27-25(32-28(34-27)22-6-3-2-4-7-22)17-37-31-14-19-10-20(15-31)12-21(11-19)16-31/h5,8-9,13,18-22H,2-4,6-7,10-12,14-17H2,1H3,(H,32,34). The predicted molar refractivity (Wildman–Crippen MR) is 148 cm³/mol. The number of hydrogen-bond acceptors (Lipinski definition) is 6. The van der Waals surface area contributed by atoms with Crippen molar-refractivity contribution in [1.29, 1.82) is 0 Å². The Kier molecular flexibility index (Phi) is 6.39. The van der Waals surface area contributed by atoms with Crippen molar-refractivity contribution in [3.8, 4) is 22.0 Å². The van der Waals surface area contributed by atoms with Gasteiger partial charge in [0.1, 0.15) is 16.5 Å². The maximum Gasteiger partial charge on any atom is 0.337 e. The van der Waals surface area contributed by atoms with Crippen LogP contribution in [-0.2, 0) is 16.1 Å². The van der Waals surface area contributed by atoms with Crippen molar-refractivity contribution in [2.75, 3.05) is 7.11 Å². The molecule has 5 saturated carbocycles. The van der Waals surface area contributed by atoms with Crippen LogP contribution in [0.4, 0.5) is 0 Å². The summed E-state index contributed by atoms with van der Waals surface area (Å²) in [6.45, 7) is 0.577. The van der Waals surface area contributed by atoms with Crippen molar-refractivity contribution in [2.45, 2.75) is 88.8 Å². The third kappa shape index (κ3) is 4.62. The predicted octanol–water partition coefficient (Wildman–Crippen LogP) is 7.52. The summed E-state index contributed by atoms with van der Waals surface area (Å²) in [5, 5.41) is 2.97. The van der Waals surface area contributed by atoms with Crippen molar-refractivity contribution in [3.63, 3.8) is 0 Å². The molecule has 5 fully saturated rings. The van der Waals surface area contributed by atoms with E-state index in [0.717, 1.165) is 51.2 Å². The van der Waals surface area contributed by atoms with Gasteiger partial charge in [-0.2, -0.15) is 0 Å². The highest BCUT2D eigenvalue weighted by atomic mass is 32.1. The van der Waals surface area contributed by atoms with Gasteiger partial charge >= 0.3 is 5.97 Å². The molecule has 1 N–H and O–H groups in total. The number of methoxy groups -OCH3 is 1. The van der Waals surface area contributed by atoms with Gasteiger partial charge in [0.05, 0.1) is 36.3 Å². The molecule has 5 aliphatic carbocycles. The SMILES string of the molecule is COC(=O)c1cccc(-c2csc(-c3nc(C4CCCCC4)[nH]c3COC34CC5CC(CC(C5)C3)C4)n2)c1. The highest BCUT2D eigenvalue weighted by molar-refractivity contribution is 7.13. The number of carbonyl (C=O) groups is 1. The fourth-order valence-electron chi connectivity index (χ4n) is 8.15. The molecule has 3 aromatic rings. The van der Waals surface area contributed by atoms with Crippen molar-refractivity contribution in [3.05, 3.63) is 46.7 Å². The van der Waals surface area contributed by atoms with Gasteiger partial charge in [-0.3, -0.25) is 0 Å². The maximum absolute atomic E-state index is 12.1. The molecular formula is C31H37N3O3S. The van der Waals surface area contributed by atoms with E-state index in [2.05, 4.69) is 10.4 Å². The van der Waals surface area contributed by atoms with Crippen LogP contribution in [0.25, 0.3) is 22.0 Å². The van der Waals surface area contributed by atoms with Gasteiger partial charge < -0.3 is 14.5 Å². The summed E-state index contributed by atoms with van der Waals surface area (Å²) in [6, 6.07) is 7.48. The second-order valence-electron chi connectivity index (χ2n) is 12.3. The molecule has 0 spiro atoms. The van der Waals surface area contributed by atoms with Gasteiger partial charge in [-0.15, -0.1) is 11.3 Å². The Hall–Kier alpha value is -2.51. The van der Waals surface area contributed by atoms with Gasteiger partial charge in [0.25, 0.3) is 0 Å². The number of imidazole rings is 1. The maximum atomic E-state index is 12.1. The first-order valence-electron chi connectivity index (χ1n) is 14.4. The monoisotopic (exact) mass is 531 g/mol. The fraction of sp³-hybridized carbons (Fsp3) is 0.581. The normalized spacial score (nSPS) is 28.6. The van der Waals surface area contributed by atoms with Crippen LogP contribution in [0.3, 0.4) is 0 Å². The molecule has 2 aromatic heterocycles. The first-order chi connectivity index (χ1) is 18.6. The van der Waals surface area contributed by atoms with Gasteiger partial charge in [-0.1, -0.05) is 31.4 Å². The van der Waals surface area contributed by atoms with E-state index in [1.54, 1.807) is 17.4 Å². The molecule has 38 heavy (non-hydrogen) atoms. The van der Waals surface area contributed by atoms with Crippen molar-refractivity contribution in [1.82, 2.24) is 15.0 Å². The number of nitrogens with zero attached hydrogens (tertiary/aromatic N) is 2. The Morgan fingerprint density at radius 3 is 2.50 bits per heavy atom. The van der Waals surface area contributed by atoms with Crippen molar-refractivity contribution < 1.29 is 14.3 Å². The quantitative estimate of drug-likeness (QED) is 0.319. The Morgan fingerprint density at radius 2 is 1.79 bits per heavy atom. The summed E-state index contributed by atoms with van der Waals surface area (Å²) in [4.78, 5) is 26.0. The fourth-order valence-corrected chi connectivity index (χ4v) is 9.00. The molecular weight excluding hydrogens is 494 g/mol.